The highest BCUT2D eigenvalue weighted by atomic mass is 32.2. The van der Waals surface area contributed by atoms with E-state index in [1.54, 1.807) is 28.3 Å². The first-order chi connectivity index (χ1) is 11.7. The van der Waals surface area contributed by atoms with Gasteiger partial charge in [0, 0.05) is 11.3 Å². The summed E-state index contributed by atoms with van der Waals surface area (Å²) in [6.45, 7) is 2.90. The van der Waals surface area contributed by atoms with Crippen LogP contribution in [0.2, 0.25) is 0 Å². The Labute approximate surface area is 147 Å². The molecule has 0 aromatic carbocycles. The minimum atomic E-state index is -0.300. The molecule has 1 atom stereocenters. The minimum Gasteiger partial charge on any atom is -0.467 e. The van der Waals surface area contributed by atoms with Gasteiger partial charge in [0.1, 0.15) is 5.76 Å². The number of amides is 1. The Kier molecular flexibility index (Phi) is 5.65. The van der Waals surface area contributed by atoms with Crippen LogP contribution in [0.5, 0.6) is 0 Å². The number of hydrogen-bond donors (Lipinski definition) is 1. The number of rotatable bonds is 8. The van der Waals surface area contributed by atoms with Gasteiger partial charge in [-0.3, -0.25) is 4.79 Å². The van der Waals surface area contributed by atoms with Crippen molar-refractivity contribution in [1.29, 1.82) is 0 Å². The number of aryl methyl sites for hydroxylation is 2. The lowest BCUT2D eigenvalue weighted by Crippen LogP contribution is -2.30. The lowest BCUT2D eigenvalue weighted by molar-refractivity contribution is -0.120. The summed E-state index contributed by atoms with van der Waals surface area (Å²) in [7, 11) is 0. The molecule has 0 radical (unpaired) electrons. The van der Waals surface area contributed by atoms with Gasteiger partial charge < -0.3 is 9.73 Å². The number of furan rings is 1. The van der Waals surface area contributed by atoms with E-state index in [1.807, 2.05) is 19.1 Å². The van der Waals surface area contributed by atoms with E-state index in [2.05, 4.69) is 32.3 Å². The second kappa shape index (κ2) is 8.11. The van der Waals surface area contributed by atoms with Crippen molar-refractivity contribution in [1.82, 2.24) is 25.5 Å². The average Bonchev–Trinajstić information content (AvgIpc) is 3.33. The van der Waals surface area contributed by atoms with Gasteiger partial charge in [0.15, 0.2) is 0 Å². The largest absolute Gasteiger partial charge is 0.467 e. The molecule has 0 unspecified atom stereocenters. The second-order valence-corrected chi connectivity index (χ2v) is 7.41. The summed E-state index contributed by atoms with van der Waals surface area (Å²) < 4.78 is 6.94. The molecule has 3 aromatic heterocycles. The van der Waals surface area contributed by atoms with Gasteiger partial charge in [-0.15, -0.1) is 16.4 Å². The van der Waals surface area contributed by atoms with Crippen molar-refractivity contribution in [2.75, 3.05) is 0 Å². The Morgan fingerprint density at radius 3 is 3.12 bits per heavy atom. The van der Waals surface area contributed by atoms with Crippen LogP contribution in [0, 0.1) is 0 Å². The lowest BCUT2D eigenvalue weighted by atomic mass is 10.3. The molecule has 0 saturated heterocycles. The Balaban J connectivity index is 1.51. The summed E-state index contributed by atoms with van der Waals surface area (Å²) in [5, 5.41) is 17.0. The molecule has 1 N–H and O–H groups in total. The topological polar surface area (TPSA) is 85.8 Å². The Morgan fingerprint density at radius 2 is 2.38 bits per heavy atom. The number of tetrazole rings is 1. The fourth-order valence-corrected chi connectivity index (χ4v) is 3.57. The first kappa shape index (κ1) is 16.7. The SMILES string of the molecule is C[C@H](Sc1nnnn1CCc1cccs1)C(=O)NCc1ccco1. The van der Waals surface area contributed by atoms with E-state index in [-0.39, 0.29) is 11.2 Å². The molecule has 0 saturated carbocycles. The zero-order valence-electron chi connectivity index (χ0n) is 13.1. The van der Waals surface area contributed by atoms with Crippen LogP contribution in [0.1, 0.15) is 17.6 Å². The van der Waals surface area contributed by atoms with Crippen molar-refractivity contribution in [3.8, 4) is 0 Å². The van der Waals surface area contributed by atoms with Gasteiger partial charge in [-0.25, -0.2) is 4.68 Å². The zero-order chi connectivity index (χ0) is 16.8. The molecule has 0 aliphatic carbocycles. The van der Waals surface area contributed by atoms with Crippen LogP contribution >= 0.6 is 23.1 Å². The van der Waals surface area contributed by atoms with Crippen molar-refractivity contribution in [3.05, 3.63) is 46.5 Å². The molecule has 0 spiro atoms. The fourth-order valence-electron chi connectivity index (χ4n) is 2.03. The summed E-state index contributed by atoms with van der Waals surface area (Å²) >= 11 is 3.06. The highest BCUT2D eigenvalue weighted by molar-refractivity contribution is 8.00. The first-order valence-electron chi connectivity index (χ1n) is 7.47. The normalized spacial score (nSPS) is 12.2. The van der Waals surface area contributed by atoms with Gasteiger partial charge in [-0.1, -0.05) is 17.8 Å². The smallest absolute Gasteiger partial charge is 0.233 e. The van der Waals surface area contributed by atoms with Crippen molar-refractivity contribution in [2.24, 2.45) is 0 Å². The fraction of sp³-hybridized carbons (Fsp3) is 0.333. The minimum absolute atomic E-state index is 0.0794. The standard InChI is InChI=1S/C15H17N5O2S2/c1-11(14(21)16-10-12-4-2-8-22-12)24-15-17-18-19-20(15)7-6-13-5-3-9-23-13/h2-5,8-9,11H,6-7,10H2,1H3,(H,16,21)/t11-/m0/s1. The van der Waals surface area contributed by atoms with Crippen molar-refractivity contribution < 1.29 is 9.21 Å². The molecule has 24 heavy (non-hydrogen) atoms. The second-order valence-electron chi connectivity index (χ2n) is 5.07. The molecule has 0 fully saturated rings. The quantitative estimate of drug-likeness (QED) is 0.619. The molecule has 126 valence electrons. The van der Waals surface area contributed by atoms with Crippen LogP contribution in [-0.2, 0) is 24.3 Å². The van der Waals surface area contributed by atoms with E-state index in [0.29, 0.717) is 18.2 Å². The molecule has 9 heteroatoms. The Bertz CT molecular complexity index is 755. The molecule has 0 aliphatic heterocycles. The van der Waals surface area contributed by atoms with Crippen LogP contribution in [0.25, 0.3) is 0 Å². The number of hydrogen-bond acceptors (Lipinski definition) is 7. The zero-order valence-corrected chi connectivity index (χ0v) is 14.7. The van der Waals surface area contributed by atoms with Gasteiger partial charge in [-0.05, 0) is 40.9 Å². The molecule has 3 heterocycles. The lowest BCUT2D eigenvalue weighted by Gasteiger charge is -2.10. The number of carbonyl (C=O) groups excluding carboxylic acids is 1. The van der Waals surface area contributed by atoms with E-state index in [0.717, 1.165) is 12.2 Å². The maximum absolute atomic E-state index is 12.2. The summed E-state index contributed by atoms with van der Waals surface area (Å²) in [6.07, 6.45) is 2.46. The van der Waals surface area contributed by atoms with Gasteiger partial charge in [0.25, 0.3) is 0 Å². The van der Waals surface area contributed by atoms with E-state index in [9.17, 15) is 4.79 Å². The number of thiophene rings is 1. The summed E-state index contributed by atoms with van der Waals surface area (Å²) in [5.41, 5.74) is 0. The molecule has 3 rings (SSSR count). The number of nitrogens with zero attached hydrogens (tertiary/aromatic N) is 4. The Hall–Kier alpha value is -2.13. The van der Waals surface area contributed by atoms with E-state index < -0.39 is 0 Å². The summed E-state index contributed by atoms with van der Waals surface area (Å²) in [4.78, 5) is 13.5. The molecular formula is C15H17N5O2S2. The Morgan fingerprint density at radius 1 is 1.46 bits per heavy atom. The number of thioether (sulfide) groups is 1. The number of aromatic nitrogens is 4. The molecule has 1 amide bonds. The molecule has 3 aromatic rings. The maximum atomic E-state index is 12.2. The van der Waals surface area contributed by atoms with Gasteiger partial charge >= 0.3 is 0 Å². The van der Waals surface area contributed by atoms with Gasteiger partial charge in [-0.2, -0.15) is 0 Å². The van der Waals surface area contributed by atoms with Gasteiger partial charge in [0.05, 0.1) is 24.6 Å². The van der Waals surface area contributed by atoms with Crippen LogP contribution < -0.4 is 5.32 Å². The predicted octanol–water partition coefficient (Wildman–Crippen LogP) is 2.37. The molecule has 0 aliphatic rings. The average molecular weight is 363 g/mol. The maximum Gasteiger partial charge on any atom is 0.233 e. The van der Waals surface area contributed by atoms with Crippen LogP contribution in [0.4, 0.5) is 0 Å². The third-order valence-corrected chi connectivity index (χ3v) is 5.32. The van der Waals surface area contributed by atoms with Crippen molar-refractivity contribution >= 4 is 29.0 Å². The van der Waals surface area contributed by atoms with Crippen LogP contribution in [0.15, 0.2) is 45.5 Å². The van der Waals surface area contributed by atoms with Crippen LogP contribution in [-0.4, -0.2) is 31.4 Å². The third-order valence-electron chi connectivity index (χ3n) is 3.32. The van der Waals surface area contributed by atoms with Crippen LogP contribution in [0.3, 0.4) is 0 Å². The summed E-state index contributed by atoms with van der Waals surface area (Å²) in [5.74, 6) is 0.644. The highest BCUT2D eigenvalue weighted by Gasteiger charge is 2.18. The van der Waals surface area contributed by atoms with Crippen molar-refractivity contribution in [3.63, 3.8) is 0 Å². The monoisotopic (exact) mass is 363 g/mol. The highest BCUT2D eigenvalue weighted by Crippen LogP contribution is 2.21. The molecule has 0 bridgehead atoms. The van der Waals surface area contributed by atoms with E-state index in [1.165, 1.54) is 16.6 Å². The predicted molar refractivity (Wildman–Crippen MR) is 91.7 cm³/mol. The third kappa shape index (κ3) is 4.45. The molecule has 7 nitrogen and oxygen atoms in total. The first-order valence-corrected chi connectivity index (χ1v) is 9.23. The van der Waals surface area contributed by atoms with E-state index >= 15 is 0 Å². The van der Waals surface area contributed by atoms with E-state index in [4.69, 9.17) is 4.42 Å². The van der Waals surface area contributed by atoms with Crippen molar-refractivity contribution in [2.45, 2.75) is 36.8 Å². The number of nitrogens with one attached hydrogen (secondary N) is 1. The van der Waals surface area contributed by atoms with Gasteiger partial charge in [0.2, 0.25) is 11.1 Å². The molecular weight excluding hydrogens is 346 g/mol. The number of carbonyl (C=O) groups is 1. The summed E-state index contributed by atoms with van der Waals surface area (Å²) in [6, 6.07) is 7.73.